The minimum absolute atomic E-state index is 0.00101. The molecule has 2 fully saturated rings. The first-order valence-electron chi connectivity index (χ1n) is 7.34. The van der Waals surface area contributed by atoms with Gasteiger partial charge in [-0.1, -0.05) is 0 Å². The molecule has 4 nitrogen and oxygen atoms in total. The number of phenols is 1. The number of hydrogen-bond acceptors (Lipinski definition) is 3. The summed E-state index contributed by atoms with van der Waals surface area (Å²) < 4.78 is 4.98. The molecule has 1 aromatic carbocycles. The number of carbonyl (C=O) groups excluding carboxylic acids is 1. The van der Waals surface area contributed by atoms with E-state index in [1.165, 1.54) is 38.9 Å². The Morgan fingerprint density at radius 2 is 2.00 bits per heavy atom. The minimum Gasteiger partial charge on any atom is -0.504 e. The number of amides is 1. The van der Waals surface area contributed by atoms with Crippen LogP contribution in [0.1, 0.15) is 36.0 Å². The summed E-state index contributed by atoms with van der Waals surface area (Å²) in [6, 6.07) is 4.75. The molecule has 0 saturated heterocycles. The van der Waals surface area contributed by atoms with E-state index in [4.69, 9.17) is 4.74 Å². The molecule has 20 heavy (non-hydrogen) atoms. The van der Waals surface area contributed by atoms with E-state index in [0.717, 1.165) is 18.4 Å². The normalized spacial score (nSPS) is 18.1. The van der Waals surface area contributed by atoms with E-state index in [0.29, 0.717) is 17.2 Å². The molecule has 2 N–H and O–H groups in total. The van der Waals surface area contributed by atoms with Crippen molar-refractivity contribution < 1.29 is 14.6 Å². The number of rotatable bonds is 6. The molecule has 0 heterocycles. The second-order valence-corrected chi connectivity index (χ2v) is 5.94. The van der Waals surface area contributed by atoms with E-state index in [1.807, 2.05) is 0 Å². The molecule has 1 amide bonds. The van der Waals surface area contributed by atoms with Gasteiger partial charge >= 0.3 is 0 Å². The van der Waals surface area contributed by atoms with Gasteiger partial charge in [0.1, 0.15) is 0 Å². The number of benzene rings is 1. The maximum Gasteiger partial charge on any atom is 0.251 e. The van der Waals surface area contributed by atoms with Gasteiger partial charge in [-0.3, -0.25) is 4.79 Å². The van der Waals surface area contributed by atoms with Gasteiger partial charge in [0.2, 0.25) is 0 Å². The molecular formula is C16H21NO3. The van der Waals surface area contributed by atoms with Gasteiger partial charge in [0.05, 0.1) is 7.11 Å². The molecule has 0 radical (unpaired) electrons. The highest BCUT2D eigenvalue weighted by atomic mass is 16.5. The Kier molecular flexibility index (Phi) is 3.55. The molecule has 1 aromatic rings. The average molecular weight is 275 g/mol. The molecule has 0 unspecified atom stereocenters. The monoisotopic (exact) mass is 275 g/mol. The van der Waals surface area contributed by atoms with Gasteiger partial charge in [-0.2, -0.15) is 0 Å². The summed E-state index contributed by atoms with van der Waals surface area (Å²) >= 11 is 0. The Morgan fingerprint density at radius 1 is 1.35 bits per heavy atom. The average Bonchev–Trinajstić information content (AvgIpc) is 3.31. The van der Waals surface area contributed by atoms with Crippen LogP contribution in [-0.4, -0.2) is 24.7 Å². The summed E-state index contributed by atoms with van der Waals surface area (Å²) in [4.78, 5) is 12.1. The fourth-order valence-electron chi connectivity index (χ4n) is 2.91. The van der Waals surface area contributed by atoms with Crippen LogP contribution in [0.4, 0.5) is 0 Å². The lowest BCUT2D eigenvalue weighted by Gasteiger charge is -2.16. The van der Waals surface area contributed by atoms with E-state index >= 15 is 0 Å². The first-order chi connectivity index (χ1) is 9.69. The maximum absolute atomic E-state index is 12.1. The zero-order valence-electron chi connectivity index (χ0n) is 11.8. The van der Waals surface area contributed by atoms with Crippen molar-refractivity contribution in [1.29, 1.82) is 0 Å². The van der Waals surface area contributed by atoms with Crippen LogP contribution < -0.4 is 10.1 Å². The largest absolute Gasteiger partial charge is 0.504 e. The van der Waals surface area contributed by atoms with Gasteiger partial charge in [0.25, 0.3) is 5.91 Å². The van der Waals surface area contributed by atoms with Crippen molar-refractivity contribution in [1.82, 2.24) is 5.32 Å². The quantitative estimate of drug-likeness (QED) is 0.839. The lowest BCUT2D eigenvalue weighted by molar-refractivity contribution is 0.0943. The Balaban J connectivity index is 1.59. The smallest absolute Gasteiger partial charge is 0.251 e. The number of nitrogens with one attached hydrogen (secondary N) is 1. The van der Waals surface area contributed by atoms with Crippen molar-refractivity contribution in [2.75, 3.05) is 13.7 Å². The molecule has 0 aliphatic heterocycles. The summed E-state index contributed by atoms with van der Waals surface area (Å²) in [5, 5.41) is 12.7. The van der Waals surface area contributed by atoms with E-state index in [1.54, 1.807) is 12.1 Å². The summed E-state index contributed by atoms with van der Waals surface area (Å²) in [5.41, 5.74) is 0.480. The van der Waals surface area contributed by atoms with Crippen molar-refractivity contribution in [3.8, 4) is 11.5 Å². The number of phenolic OH excluding ortho intramolecular Hbond substituents is 1. The highest BCUT2D eigenvalue weighted by Crippen LogP contribution is 2.48. The molecule has 0 spiro atoms. The first kappa shape index (κ1) is 13.3. The Hall–Kier alpha value is -1.71. The molecular weight excluding hydrogens is 254 g/mol. The molecule has 3 rings (SSSR count). The first-order valence-corrected chi connectivity index (χ1v) is 7.34. The van der Waals surface area contributed by atoms with Gasteiger partial charge < -0.3 is 15.2 Å². The van der Waals surface area contributed by atoms with Gasteiger partial charge in [-0.15, -0.1) is 0 Å². The van der Waals surface area contributed by atoms with Crippen LogP contribution in [0, 0.1) is 17.8 Å². The third-order valence-corrected chi connectivity index (χ3v) is 4.39. The highest BCUT2D eigenvalue weighted by Gasteiger charge is 2.41. The second kappa shape index (κ2) is 5.35. The Morgan fingerprint density at radius 3 is 2.50 bits per heavy atom. The van der Waals surface area contributed by atoms with Crippen LogP contribution in [0.25, 0.3) is 0 Å². The molecule has 4 heteroatoms. The Bertz CT molecular complexity index is 494. The number of methoxy groups -OCH3 is 1. The van der Waals surface area contributed by atoms with Crippen molar-refractivity contribution in [2.45, 2.75) is 25.7 Å². The molecule has 0 aromatic heterocycles. The number of carbonyl (C=O) groups is 1. The van der Waals surface area contributed by atoms with Crippen molar-refractivity contribution in [2.24, 2.45) is 17.8 Å². The minimum atomic E-state index is -0.116. The SMILES string of the molecule is COc1ccc(C(=O)NCC(C2CC2)C2CC2)cc1O. The zero-order valence-corrected chi connectivity index (χ0v) is 11.8. The predicted octanol–water partition coefficient (Wildman–Crippen LogP) is 2.57. The third-order valence-electron chi connectivity index (χ3n) is 4.39. The fraction of sp³-hybridized carbons (Fsp3) is 0.562. The van der Waals surface area contributed by atoms with Gasteiger partial charge in [-0.25, -0.2) is 0 Å². The molecule has 0 atom stereocenters. The fourth-order valence-corrected chi connectivity index (χ4v) is 2.91. The predicted molar refractivity (Wildman–Crippen MR) is 75.9 cm³/mol. The molecule has 0 bridgehead atoms. The summed E-state index contributed by atoms with van der Waals surface area (Å²) in [6.07, 6.45) is 5.28. The van der Waals surface area contributed by atoms with E-state index < -0.39 is 0 Å². The van der Waals surface area contributed by atoms with Crippen molar-refractivity contribution in [3.05, 3.63) is 23.8 Å². The molecule has 2 aliphatic carbocycles. The van der Waals surface area contributed by atoms with Gasteiger partial charge in [0, 0.05) is 12.1 Å². The second-order valence-electron chi connectivity index (χ2n) is 5.94. The van der Waals surface area contributed by atoms with Crippen LogP contribution in [-0.2, 0) is 0 Å². The van der Waals surface area contributed by atoms with Crippen molar-refractivity contribution in [3.63, 3.8) is 0 Å². The maximum atomic E-state index is 12.1. The van der Waals surface area contributed by atoms with Crippen LogP contribution >= 0.6 is 0 Å². The molecule has 2 saturated carbocycles. The Labute approximate surface area is 119 Å². The topological polar surface area (TPSA) is 58.6 Å². The lowest BCUT2D eigenvalue weighted by Crippen LogP contribution is -2.31. The van der Waals surface area contributed by atoms with Crippen molar-refractivity contribution >= 4 is 5.91 Å². The van der Waals surface area contributed by atoms with Crippen LogP contribution in [0.3, 0.4) is 0 Å². The zero-order chi connectivity index (χ0) is 14.1. The van der Waals surface area contributed by atoms with E-state index in [2.05, 4.69) is 5.32 Å². The highest BCUT2D eigenvalue weighted by molar-refractivity contribution is 5.94. The molecule has 108 valence electrons. The van der Waals surface area contributed by atoms with Gasteiger partial charge in [0.15, 0.2) is 11.5 Å². The number of ether oxygens (including phenoxy) is 1. The van der Waals surface area contributed by atoms with E-state index in [9.17, 15) is 9.90 Å². The van der Waals surface area contributed by atoms with Crippen LogP contribution in [0.15, 0.2) is 18.2 Å². The number of hydrogen-bond donors (Lipinski definition) is 2. The molecule has 2 aliphatic rings. The number of aromatic hydroxyl groups is 1. The van der Waals surface area contributed by atoms with Crippen LogP contribution in [0.2, 0.25) is 0 Å². The lowest BCUT2D eigenvalue weighted by atomic mass is 9.98. The van der Waals surface area contributed by atoms with Crippen LogP contribution in [0.5, 0.6) is 11.5 Å². The third kappa shape index (κ3) is 2.89. The standard InChI is InChI=1S/C16H21NO3/c1-20-15-7-6-12(8-14(15)18)16(19)17-9-13(10-2-3-10)11-4-5-11/h6-8,10-11,13,18H,2-5,9H2,1H3,(H,17,19). The van der Waals surface area contributed by atoms with Gasteiger partial charge in [-0.05, 0) is 61.6 Å². The summed E-state index contributed by atoms with van der Waals surface area (Å²) in [6.45, 7) is 0.765. The summed E-state index contributed by atoms with van der Waals surface area (Å²) in [5.74, 6) is 2.58. The van der Waals surface area contributed by atoms with E-state index in [-0.39, 0.29) is 11.7 Å². The summed E-state index contributed by atoms with van der Waals surface area (Å²) in [7, 11) is 1.49.